The van der Waals surface area contributed by atoms with Crippen LogP contribution in [-0.4, -0.2) is 0 Å². The summed E-state index contributed by atoms with van der Waals surface area (Å²) in [5.41, 5.74) is 3.40. The van der Waals surface area contributed by atoms with Crippen LogP contribution in [0.5, 0.6) is 0 Å². The minimum atomic E-state index is 0.500. The maximum Gasteiger partial charge on any atom is -0.0315 e. The largest absolute Gasteiger partial charge is 0.0656 e. The van der Waals surface area contributed by atoms with Crippen molar-refractivity contribution in [1.82, 2.24) is 0 Å². The molecule has 7 saturated carbocycles. The van der Waals surface area contributed by atoms with E-state index in [4.69, 9.17) is 0 Å². The standard InChI is InChI=1S/C12H20.2C8H16.C7H14.4C6H14.4C5H12.2C4H10.C3H8/c1-11-4-9-3-10(5-11)7-12(2,6-9)8-11;1-7-3-5-8(2)6-4-7;1-8(2)6-4-3-5-7-8;1-7(2)5-3-4-6-7;2*1-4-5-6(2)3;1-4-6(3)5-2;1-3-5-6-4-2;1-5(2,3)4;2*1-4-5(2)3;1-3-5-4-2;1-4(2)3;1-3-4-2;1-3-2/h9-10H,3-8H2,1-2H3;7-8H,3-6H2,1-2H3;3-7H2,1-2H3;3-6H2,1-2H3;3*6H,4-5H2,1-3H3;3-6H2,1-2H3;1-4H3;2*5H,4H2,1-3H3;3-5H2,1-2H3;4H,1-3H3;3-4H2,1-2H3;3H2,1-2H3. The average molecular weight is 1280 g/mol. The van der Waals surface area contributed by atoms with Crippen LogP contribution in [-0.2, 0) is 0 Å². The third-order valence-corrected chi connectivity index (χ3v) is 18.0. The van der Waals surface area contributed by atoms with Gasteiger partial charge in [0, 0.05) is 0 Å². The van der Waals surface area contributed by atoms with Gasteiger partial charge in [-0.1, -0.05) is 436 Å². The highest BCUT2D eigenvalue weighted by atomic mass is 14.6. The van der Waals surface area contributed by atoms with Gasteiger partial charge in [-0.15, -0.1) is 0 Å². The Labute approximate surface area is 583 Å². The van der Waals surface area contributed by atoms with E-state index in [0.717, 1.165) is 70.0 Å². The van der Waals surface area contributed by atoms with Crippen LogP contribution in [0.1, 0.15) is 501 Å². The van der Waals surface area contributed by atoms with E-state index in [1.54, 1.807) is 32.1 Å². The molecule has 7 aliphatic carbocycles. The van der Waals surface area contributed by atoms with E-state index in [1.807, 2.05) is 0 Å². The van der Waals surface area contributed by atoms with Gasteiger partial charge >= 0.3 is 0 Å². The van der Waals surface area contributed by atoms with Gasteiger partial charge in [0.05, 0.1) is 0 Å². The smallest absolute Gasteiger partial charge is 0.0315 e. The maximum absolute atomic E-state index is 2.54. The summed E-state index contributed by atoms with van der Waals surface area (Å²) in [7, 11) is 0. The van der Waals surface area contributed by atoms with E-state index in [1.165, 1.54) is 205 Å². The van der Waals surface area contributed by atoms with Gasteiger partial charge in [0.25, 0.3) is 0 Å². The van der Waals surface area contributed by atoms with Crippen LogP contribution in [0.4, 0.5) is 0 Å². The molecule has 0 aromatic carbocycles. The normalized spacial score (nSPS) is 22.3. The van der Waals surface area contributed by atoms with Crippen molar-refractivity contribution >= 4 is 0 Å². The number of unbranched alkanes of at least 4 members (excludes halogenated alkanes) is 6. The molecular formula is C90H198. The van der Waals surface area contributed by atoms with E-state index >= 15 is 0 Å². The van der Waals surface area contributed by atoms with Gasteiger partial charge in [-0.25, -0.2) is 0 Å². The summed E-state index contributed by atoms with van der Waals surface area (Å²) in [6.45, 7) is 85.5. The van der Waals surface area contributed by atoms with Crippen LogP contribution in [0.25, 0.3) is 0 Å². The minimum absolute atomic E-state index is 0.500. The fraction of sp³-hybridized carbons (Fsp3) is 1.00. The van der Waals surface area contributed by atoms with Crippen LogP contribution in [0.15, 0.2) is 0 Å². The zero-order valence-electron chi connectivity index (χ0n) is 72.4. The van der Waals surface area contributed by atoms with E-state index in [0.29, 0.717) is 16.2 Å². The highest BCUT2D eigenvalue weighted by molar-refractivity contribution is 5.04. The molecule has 0 atom stereocenters. The van der Waals surface area contributed by atoms with Gasteiger partial charge in [0.15, 0.2) is 0 Å². The van der Waals surface area contributed by atoms with E-state index < -0.39 is 0 Å². The van der Waals surface area contributed by atoms with Crippen LogP contribution in [0.3, 0.4) is 0 Å². The molecule has 0 spiro atoms. The average Bonchev–Trinajstić information content (AvgIpc) is 1.97. The zero-order chi connectivity index (χ0) is 72.4. The predicted molar refractivity (Wildman–Crippen MR) is 434 cm³/mol. The van der Waals surface area contributed by atoms with E-state index in [-0.39, 0.29) is 0 Å². The van der Waals surface area contributed by atoms with Crippen LogP contribution in [0.2, 0.25) is 0 Å². The summed E-state index contributed by atoms with van der Waals surface area (Å²) in [6, 6.07) is 0. The Balaban J connectivity index is -0.000000113. The van der Waals surface area contributed by atoms with Crippen molar-refractivity contribution in [3.63, 3.8) is 0 Å². The lowest BCUT2D eigenvalue weighted by Gasteiger charge is -2.60. The van der Waals surface area contributed by atoms with Crippen molar-refractivity contribution in [1.29, 1.82) is 0 Å². The Bertz CT molecular complexity index is 1140. The van der Waals surface area contributed by atoms with Gasteiger partial charge in [-0.05, 0) is 150 Å². The van der Waals surface area contributed by atoms with E-state index in [9.17, 15) is 0 Å². The van der Waals surface area contributed by atoms with Gasteiger partial charge in [0.1, 0.15) is 0 Å². The molecule has 0 heterocycles. The molecule has 0 saturated heterocycles. The molecule has 0 unspecified atom stereocenters. The minimum Gasteiger partial charge on any atom is -0.0656 e. The highest BCUT2D eigenvalue weighted by Crippen LogP contribution is 2.64. The third-order valence-electron chi connectivity index (χ3n) is 18.0. The first kappa shape index (κ1) is 109. The van der Waals surface area contributed by atoms with Crippen LogP contribution < -0.4 is 0 Å². The van der Waals surface area contributed by atoms with Gasteiger partial charge < -0.3 is 0 Å². The Hall–Kier alpha value is 0. The van der Waals surface area contributed by atoms with Crippen molar-refractivity contribution in [2.24, 2.45) is 86.3 Å². The molecule has 0 aromatic rings. The molecule has 0 N–H and O–H groups in total. The summed E-state index contributed by atoms with van der Waals surface area (Å²) in [5.74, 6) is 9.60. The summed E-state index contributed by atoms with van der Waals surface area (Å²) in [4.78, 5) is 0. The van der Waals surface area contributed by atoms with Gasteiger partial charge in [-0.3, -0.25) is 0 Å². The van der Waals surface area contributed by atoms with Crippen molar-refractivity contribution < 1.29 is 0 Å². The number of hydrogen-bond acceptors (Lipinski definition) is 0. The van der Waals surface area contributed by atoms with Crippen LogP contribution in [0, 0.1) is 86.3 Å². The van der Waals surface area contributed by atoms with Gasteiger partial charge in [0.2, 0.25) is 0 Å². The second kappa shape index (κ2) is 73.3. The Morgan fingerprint density at radius 3 is 0.678 bits per heavy atom. The lowest BCUT2D eigenvalue weighted by molar-refractivity contribution is -0.0920. The molecule has 0 heteroatoms. The third kappa shape index (κ3) is 107. The summed E-state index contributed by atoms with van der Waals surface area (Å²) < 4.78 is 0. The molecule has 7 rings (SSSR count). The summed E-state index contributed by atoms with van der Waals surface area (Å²) >= 11 is 0. The number of hydrogen-bond donors (Lipinski definition) is 0. The molecule has 0 radical (unpaired) electrons. The lowest BCUT2D eigenvalue weighted by atomic mass is 9.45. The van der Waals surface area contributed by atoms with Gasteiger partial charge in [-0.2, -0.15) is 0 Å². The molecule has 0 nitrogen and oxygen atoms in total. The first-order chi connectivity index (χ1) is 41.5. The van der Waals surface area contributed by atoms with E-state index in [2.05, 4.69) is 263 Å². The quantitative estimate of drug-likeness (QED) is 0.152. The second-order valence-corrected chi connectivity index (χ2v) is 36.4. The first-order valence-corrected chi connectivity index (χ1v) is 41.5. The Kier molecular flexibility index (Phi) is 88.4. The van der Waals surface area contributed by atoms with Crippen LogP contribution >= 0.6 is 0 Å². The maximum atomic E-state index is 2.54. The second-order valence-electron chi connectivity index (χ2n) is 36.4. The molecule has 558 valence electrons. The van der Waals surface area contributed by atoms with Crippen molar-refractivity contribution in [2.45, 2.75) is 501 Å². The SMILES string of the molecule is CC(C)(C)C.CC(C)C.CC1(C)CCCC1.CC1(C)CCCCC1.CC12CC3CC(C1)CC(C)(C3)C2.CC1CCC(C)CC1.CCC.CCC(C)C.CCC(C)C.CCC(C)CC.CCCC.CCCC(C)C.CCCC(C)C.CCCCC.CCCCCC. The molecule has 0 amide bonds. The fourth-order valence-electron chi connectivity index (χ4n) is 11.8. The van der Waals surface area contributed by atoms with Crippen molar-refractivity contribution in [3.8, 4) is 0 Å². The molecule has 7 fully saturated rings. The predicted octanol–water partition coefficient (Wildman–Crippen LogP) is 35.2. The zero-order valence-corrected chi connectivity index (χ0v) is 72.4. The van der Waals surface area contributed by atoms with Crippen molar-refractivity contribution in [3.05, 3.63) is 0 Å². The Morgan fingerprint density at radius 2 is 0.578 bits per heavy atom. The Morgan fingerprint density at radius 1 is 0.344 bits per heavy atom. The van der Waals surface area contributed by atoms with Crippen molar-refractivity contribution in [2.75, 3.05) is 0 Å². The fourth-order valence-corrected chi connectivity index (χ4v) is 11.8. The molecular weight excluding hydrogens is 1080 g/mol. The molecule has 0 aliphatic heterocycles. The molecule has 90 heavy (non-hydrogen) atoms. The molecule has 0 aromatic heterocycles. The first-order valence-electron chi connectivity index (χ1n) is 41.5. The molecule has 4 bridgehead atoms. The topological polar surface area (TPSA) is 0 Å². The number of rotatable bonds is 14. The summed E-state index contributed by atoms with van der Waals surface area (Å²) in [6.07, 6.45) is 52.5. The highest BCUT2D eigenvalue weighted by Gasteiger charge is 2.53. The summed E-state index contributed by atoms with van der Waals surface area (Å²) in [5, 5.41) is 0. The lowest BCUT2D eigenvalue weighted by Crippen LogP contribution is -2.49. The monoisotopic (exact) mass is 1280 g/mol. The molecule has 7 aliphatic rings.